The lowest BCUT2D eigenvalue weighted by atomic mass is 9.67. The maximum absolute atomic E-state index is 13.4. The molecule has 0 saturated carbocycles. The Labute approximate surface area is 231 Å². The van der Waals surface area contributed by atoms with E-state index in [2.05, 4.69) is 0 Å². The molecule has 0 bridgehead atoms. The lowest BCUT2D eigenvalue weighted by Crippen LogP contribution is -2.26. The van der Waals surface area contributed by atoms with E-state index in [0.29, 0.717) is 10.9 Å². The molecule has 1 heterocycles. The van der Waals surface area contributed by atoms with Crippen molar-refractivity contribution in [2.24, 2.45) is 5.92 Å². The highest BCUT2D eigenvalue weighted by atomic mass is 16.3. The number of carbonyl (C=O) groups excluding carboxylic acids is 1. The molecule has 6 rings (SSSR count). The smallest absolute Gasteiger partial charge is 0.193 e. The van der Waals surface area contributed by atoms with Gasteiger partial charge in [0.2, 0.25) is 0 Å². The average molecular weight is 555 g/mol. The molecular formula is C32H26O9. The molecule has 9 heteroatoms. The average Bonchev–Trinajstić information content (AvgIpc) is 2.87. The summed E-state index contributed by atoms with van der Waals surface area (Å²) in [7, 11) is 0. The van der Waals surface area contributed by atoms with Gasteiger partial charge in [-0.2, -0.15) is 0 Å². The first-order chi connectivity index (χ1) is 19.4. The van der Waals surface area contributed by atoms with Crippen molar-refractivity contribution in [3.63, 3.8) is 0 Å². The number of ketones is 1. The van der Waals surface area contributed by atoms with E-state index in [-0.39, 0.29) is 67.0 Å². The SMILES string of the molecule is CC(O)=c1c(O)c2c3c(c1O)c(=O)cc1oc4cccc(=O)c4c(c13)[C@@H]([C@@H](C)CC(=O)c1c(O)cccc1O)[C@@H]2C. The maximum atomic E-state index is 13.4. The topological polar surface area (TPSA) is 165 Å². The third kappa shape index (κ3) is 3.58. The number of hydrogen-bond donors (Lipinski definition) is 5. The van der Waals surface area contributed by atoms with E-state index in [1.54, 1.807) is 19.9 Å². The second-order valence-corrected chi connectivity index (χ2v) is 10.8. The summed E-state index contributed by atoms with van der Waals surface area (Å²) in [5, 5.41) is 53.9. The molecule has 5 aromatic rings. The zero-order valence-electron chi connectivity index (χ0n) is 22.3. The largest absolute Gasteiger partial charge is 0.512 e. The third-order valence-corrected chi connectivity index (χ3v) is 8.35. The van der Waals surface area contributed by atoms with Gasteiger partial charge in [0.05, 0.1) is 16.0 Å². The predicted molar refractivity (Wildman–Crippen MR) is 153 cm³/mol. The van der Waals surface area contributed by atoms with E-state index < -0.39 is 46.2 Å². The van der Waals surface area contributed by atoms with Crippen LogP contribution in [0.5, 0.6) is 23.0 Å². The molecule has 0 aliphatic heterocycles. The maximum Gasteiger partial charge on any atom is 0.193 e. The summed E-state index contributed by atoms with van der Waals surface area (Å²) >= 11 is 0. The number of phenols is 4. The summed E-state index contributed by atoms with van der Waals surface area (Å²) in [5.41, 5.74) is 0.000694. The minimum atomic E-state index is -0.625. The fraction of sp³-hybridized carbons (Fsp3) is 0.219. The molecule has 41 heavy (non-hydrogen) atoms. The lowest BCUT2D eigenvalue weighted by molar-refractivity contribution is 0.0951. The monoisotopic (exact) mass is 554 g/mol. The summed E-state index contributed by atoms with van der Waals surface area (Å²) in [6.45, 7) is 4.85. The normalized spacial score (nSPS) is 17.8. The van der Waals surface area contributed by atoms with Crippen LogP contribution in [-0.2, 0) is 0 Å². The quantitative estimate of drug-likeness (QED) is 0.119. The van der Waals surface area contributed by atoms with Crippen molar-refractivity contribution in [2.45, 2.75) is 39.0 Å². The Bertz CT molecular complexity index is 2120. The zero-order valence-corrected chi connectivity index (χ0v) is 22.3. The van der Waals surface area contributed by atoms with Gasteiger partial charge in [0, 0.05) is 28.8 Å². The minimum absolute atomic E-state index is 0.124. The number of carbonyl (C=O) groups is 1. The Hall–Kier alpha value is -5.05. The van der Waals surface area contributed by atoms with E-state index in [0.717, 1.165) is 0 Å². The molecule has 4 aromatic carbocycles. The number of aliphatic hydroxyl groups is 1. The Morgan fingerprint density at radius 1 is 0.854 bits per heavy atom. The van der Waals surface area contributed by atoms with Crippen molar-refractivity contribution in [2.75, 3.05) is 0 Å². The van der Waals surface area contributed by atoms with Gasteiger partial charge in [0.25, 0.3) is 0 Å². The number of phenolic OH excluding ortho intramolecular Hbond substituents is 4. The summed E-state index contributed by atoms with van der Waals surface area (Å²) < 4.78 is 6.04. The Balaban J connectivity index is 1.74. The van der Waals surface area contributed by atoms with E-state index in [1.807, 2.05) is 0 Å². The first kappa shape index (κ1) is 26.2. The molecule has 0 spiro atoms. The first-order valence-electron chi connectivity index (χ1n) is 13.1. The van der Waals surface area contributed by atoms with Crippen LogP contribution in [-0.4, -0.2) is 31.3 Å². The molecule has 9 nitrogen and oxygen atoms in total. The molecule has 1 aromatic heterocycles. The van der Waals surface area contributed by atoms with Crippen molar-refractivity contribution >= 4 is 44.3 Å². The molecular weight excluding hydrogens is 528 g/mol. The second-order valence-electron chi connectivity index (χ2n) is 10.8. The number of fused-ring (bicyclic) bond motifs is 2. The molecule has 208 valence electrons. The molecule has 3 atom stereocenters. The van der Waals surface area contributed by atoms with Gasteiger partial charge in [0.15, 0.2) is 16.6 Å². The van der Waals surface area contributed by atoms with Crippen LogP contribution in [0.2, 0.25) is 0 Å². The van der Waals surface area contributed by atoms with Crippen LogP contribution in [0.15, 0.2) is 56.5 Å². The summed E-state index contributed by atoms with van der Waals surface area (Å²) in [5.74, 6) is -4.42. The summed E-state index contributed by atoms with van der Waals surface area (Å²) in [6.07, 6.45) is -0.148. The van der Waals surface area contributed by atoms with Crippen molar-refractivity contribution in [3.05, 3.63) is 84.8 Å². The van der Waals surface area contributed by atoms with E-state index in [4.69, 9.17) is 4.42 Å². The van der Waals surface area contributed by atoms with Gasteiger partial charge in [-0.1, -0.05) is 26.0 Å². The van der Waals surface area contributed by atoms with Crippen LogP contribution in [0.3, 0.4) is 0 Å². The number of benzene rings is 4. The van der Waals surface area contributed by atoms with Crippen molar-refractivity contribution in [1.29, 1.82) is 0 Å². The Kier molecular flexibility index (Phi) is 5.74. The van der Waals surface area contributed by atoms with Gasteiger partial charge in [-0.15, -0.1) is 0 Å². The number of hydrogen-bond acceptors (Lipinski definition) is 9. The van der Waals surface area contributed by atoms with Crippen molar-refractivity contribution < 1.29 is 34.7 Å². The van der Waals surface area contributed by atoms with Gasteiger partial charge >= 0.3 is 0 Å². The van der Waals surface area contributed by atoms with Crippen LogP contribution in [0.1, 0.15) is 60.5 Å². The van der Waals surface area contributed by atoms with Gasteiger partial charge in [-0.25, -0.2) is 0 Å². The lowest BCUT2D eigenvalue weighted by Gasteiger charge is -2.36. The number of aromatic hydroxyl groups is 4. The molecule has 0 radical (unpaired) electrons. The highest BCUT2D eigenvalue weighted by Gasteiger charge is 2.40. The Morgan fingerprint density at radius 2 is 1.51 bits per heavy atom. The molecule has 0 amide bonds. The highest BCUT2D eigenvalue weighted by Crippen LogP contribution is 2.54. The molecule has 5 N–H and O–H groups in total. The third-order valence-electron chi connectivity index (χ3n) is 8.35. The number of aliphatic hydroxyl groups excluding tert-OH is 1. The van der Waals surface area contributed by atoms with E-state index >= 15 is 0 Å². The van der Waals surface area contributed by atoms with Crippen LogP contribution in [0.25, 0.3) is 38.5 Å². The number of Topliss-reactive ketones (excluding diaryl/α,β-unsaturated/α-hetero) is 1. The molecule has 0 unspecified atom stereocenters. The van der Waals surface area contributed by atoms with Crippen molar-refractivity contribution in [1.82, 2.24) is 0 Å². The molecule has 1 aliphatic rings. The molecule has 1 aliphatic carbocycles. The fourth-order valence-electron chi connectivity index (χ4n) is 6.74. The van der Waals surface area contributed by atoms with Crippen LogP contribution in [0.4, 0.5) is 0 Å². The van der Waals surface area contributed by atoms with Crippen LogP contribution >= 0.6 is 0 Å². The second kappa shape index (κ2) is 8.99. The zero-order chi connectivity index (χ0) is 29.5. The standard InChI is InChI=1S/C32H26O9/c1-12(10-18(37)25-15(34)6-4-7-16(25)35)22-13(2)23-30-27(32(40)24(14(3)33)31(23)39)19(38)11-21-28(30)29(22)26-17(36)8-5-9-20(26)41-21/h4-9,11-13,22,33-35,39-40H,10H2,1-3H3/t12-,13-,22-/m0/s1. The summed E-state index contributed by atoms with van der Waals surface area (Å²) in [4.78, 5) is 40.0. The van der Waals surface area contributed by atoms with E-state index in [9.17, 15) is 39.9 Å². The predicted octanol–water partition coefficient (Wildman–Crippen LogP) is 4.80. The van der Waals surface area contributed by atoms with Crippen LogP contribution < -0.4 is 16.1 Å². The minimum Gasteiger partial charge on any atom is -0.512 e. The molecule has 0 fully saturated rings. The van der Waals surface area contributed by atoms with Crippen LogP contribution in [0, 0.1) is 5.92 Å². The first-order valence-corrected chi connectivity index (χ1v) is 13.1. The van der Waals surface area contributed by atoms with Gasteiger partial charge in [-0.05, 0) is 54.5 Å². The Morgan fingerprint density at radius 3 is 2.17 bits per heavy atom. The van der Waals surface area contributed by atoms with Crippen molar-refractivity contribution in [3.8, 4) is 23.0 Å². The number of rotatable bonds is 4. The fourth-order valence-corrected chi connectivity index (χ4v) is 6.74. The van der Waals surface area contributed by atoms with Gasteiger partial charge in [-0.3, -0.25) is 14.4 Å². The summed E-state index contributed by atoms with van der Waals surface area (Å²) in [6, 6.07) is 9.76. The van der Waals surface area contributed by atoms with Gasteiger partial charge in [0.1, 0.15) is 45.5 Å². The van der Waals surface area contributed by atoms with E-state index in [1.165, 1.54) is 43.3 Å². The van der Waals surface area contributed by atoms with Gasteiger partial charge < -0.3 is 29.9 Å². The molecule has 0 saturated heterocycles. The highest BCUT2D eigenvalue weighted by molar-refractivity contribution is 6.16.